The summed E-state index contributed by atoms with van der Waals surface area (Å²) in [6.07, 6.45) is -5.63. The minimum absolute atomic E-state index is 0.0290. The standard InChI is InChI=1S/C14H26O8/c1-3-4-5-20-10(16)6-8(2)21-14-13(19)12(18)11(17)9(7-15)22-14/h8-9,11-15,17-19H,3-7H2,1-2H3/t8?,9?,11-,12?,13?,14-/m1/s1. The number of ether oxygens (including phenoxy) is 3. The summed E-state index contributed by atoms with van der Waals surface area (Å²) >= 11 is 0. The van der Waals surface area contributed by atoms with E-state index in [1.807, 2.05) is 6.92 Å². The summed E-state index contributed by atoms with van der Waals surface area (Å²) in [5.74, 6) is -0.425. The fraction of sp³-hybridized carbons (Fsp3) is 0.929. The molecular weight excluding hydrogens is 296 g/mol. The fourth-order valence-corrected chi connectivity index (χ4v) is 2.08. The molecule has 0 aromatic rings. The van der Waals surface area contributed by atoms with Gasteiger partial charge in [-0.1, -0.05) is 13.3 Å². The van der Waals surface area contributed by atoms with Gasteiger partial charge in [-0.3, -0.25) is 4.79 Å². The number of unbranched alkanes of at least 4 members (excludes halogenated alkanes) is 1. The normalized spacial score (nSPS) is 33.5. The van der Waals surface area contributed by atoms with Gasteiger partial charge in [0.2, 0.25) is 0 Å². The Labute approximate surface area is 129 Å². The summed E-state index contributed by atoms with van der Waals surface area (Å²) in [5, 5.41) is 38.2. The molecule has 4 N–H and O–H groups in total. The van der Waals surface area contributed by atoms with Gasteiger partial charge in [0.1, 0.15) is 24.4 Å². The molecule has 1 saturated heterocycles. The molecule has 1 aliphatic heterocycles. The summed E-state index contributed by atoms with van der Waals surface area (Å²) in [4.78, 5) is 11.6. The average Bonchev–Trinajstić information content (AvgIpc) is 2.48. The zero-order valence-electron chi connectivity index (χ0n) is 12.9. The Hall–Kier alpha value is -0.770. The molecule has 1 heterocycles. The Morgan fingerprint density at radius 1 is 1.23 bits per heavy atom. The van der Waals surface area contributed by atoms with Crippen molar-refractivity contribution in [2.24, 2.45) is 0 Å². The molecule has 0 saturated carbocycles. The maximum absolute atomic E-state index is 11.6. The third-order valence-corrected chi connectivity index (χ3v) is 3.43. The highest BCUT2D eigenvalue weighted by molar-refractivity contribution is 5.69. The number of rotatable bonds is 8. The first-order chi connectivity index (χ1) is 10.4. The van der Waals surface area contributed by atoms with Gasteiger partial charge in [0.15, 0.2) is 6.29 Å². The van der Waals surface area contributed by atoms with Crippen LogP contribution in [0.15, 0.2) is 0 Å². The van der Waals surface area contributed by atoms with E-state index >= 15 is 0 Å². The second-order valence-electron chi connectivity index (χ2n) is 5.42. The van der Waals surface area contributed by atoms with E-state index in [1.54, 1.807) is 6.92 Å². The number of hydrogen-bond acceptors (Lipinski definition) is 8. The van der Waals surface area contributed by atoms with Crippen LogP contribution in [-0.2, 0) is 19.0 Å². The van der Waals surface area contributed by atoms with Crippen molar-refractivity contribution in [3.63, 3.8) is 0 Å². The average molecular weight is 322 g/mol. The van der Waals surface area contributed by atoms with Gasteiger partial charge in [-0.15, -0.1) is 0 Å². The van der Waals surface area contributed by atoms with Crippen LogP contribution in [0.4, 0.5) is 0 Å². The highest BCUT2D eigenvalue weighted by Gasteiger charge is 2.44. The molecule has 0 aliphatic carbocycles. The van der Waals surface area contributed by atoms with E-state index in [4.69, 9.17) is 19.3 Å². The molecular formula is C14H26O8. The van der Waals surface area contributed by atoms with Crippen molar-refractivity contribution in [1.82, 2.24) is 0 Å². The van der Waals surface area contributed by atoms with E-state index < -0.39 is 49.4 Å². The largest absolute Gasteiger partial charge is 0.466 e. The summed E-state index contributed by atoms with van der Waals surface area (Å²) in [5.41, 5.74) is 0. The van der Waals surface area contributed by atoms with Crippen LogP contribution in [0, 0.1) is 0 Å². The van der Waals surface area contributed by atoms with Gasteiger partial charge in [-0.2, -0.15) is 0 Å². The molecule has 0 spiro atoms. The molecule has 1 aliphatic rings. The number of hydrogen-bond donors (Lipinski definition) is 4. The summed E-state index contributed by atoms with van der Waals surface area (Å²) in [6, 6.07) is 0. The molecule has 130 valence electrons. The molecule has 8 heteroatoms. The first-order valence-corrected chi connectivity index (χ1v) is 7.52. The van der Waals surface area contributed by atoms with Crippen molar-refractivity contribution in [2.45, 2.75) is 69.9 Å². The number of carbonyl (C=O) groups is 1. The predicted molar refractivity (Wildman–Crippen MR) is 74.8 cm³/mol. The molecule has 8 nitrogen and oxygen atoms in total. The van der Waals surface area contributed by atoms with Crippen LogP contribution in [0.3, 0.4) is 0 Å². The van der Waals surface area contributed by atoms with Crippen molar-refractivity contribution < 1.29 is 39.4 Å². The fourth-order valence-electron chi connectivity index (χ4n) is 2.08. The number of carbonyl (C=O) groups excluding carboxylic acids is 1. The van der Waals surface area contributed by atoms with Crippen LogP contribution in [0.2, 0.25) is 0 Å². The topological polar surface area (TPSA) is 126 Å². The van der Waals surface area contributed by atoms with Crippen molar-refractivity contribution in [3.8, 4) is 0 Å². The van der Waals surface area contributed by atoms with Gasteiger partial charge in [0.25, 0.3) is 0 Å². The molecule has 6 atom stereocenters. The Bertz CT molecular complexity index is 335. The summed E-state index contributed by atoms with van der Waals surface area (Å²) in [7, 11) is 0. The van der Waals surface area contributed by atoms with Crippen LogP contribution < -0.4 is 0 Å². The number of esters is 1. The second kappa shape index (κ2) is 9.39. The molecule has 0 aromatic heterocycles. The monoisotopic (exact) mass is 322 g/mol. The Morgan fingerprint density at radius 2 is 1.91 bits per heavy atom. The van der Waals surface area contributed by atoms with Crippen LogP contribution in [0.5, 0.6) is 0 Å². The third-order valence-electron chi connectivity index (χ3n) is 3.43. The predicted octanol–water partition coefficient (Wildman–Crippen LogP) is -1.08. The molecule has 0 amide bonds. The maximum Gasteiger partial charge on any atom is 0.308 e. The first kappa shape index (κ1) is 19.3. The molecule has 0 bridgehead atoms. The zero-order chi connectivity index (χ0) is 16.7. The van der Waals surface area contributed by atoms with E-state index in [-0.39, 0.29) is 6.42 Å². The van der Waals surface area contributed by atoms with Crippen LogP contribution in [0.1, 0.15) is 33.1 Å². The Balaban J connectivity index is 2.45. The molecule has 1 fully saturated rings. The van der Waals surface area contributed by atoms with Crippen molar-refractivity contribution in [1.29, 1.82) is 0 Å². The van der Waals surface area contributed by atoms with E-state index in [9.17, 15) is 20.1 Å². The maximum atomic E-state index is 11.6. The van der Waals surface area contributed by atoms with Crippen LogP contribution >= 0.6 is 0 Å². The van der Waals surface area contributed by atoms with E-state index in [0.717, 1.165) is 12.8 Å². The lowest BCUT2D eigenvalue weighted by atomic mass is 9.99. The minimum Gasteiger partial charge on any atom is -0.466 e. The lowest BCUT2D eigenvalue weighted by Crippen LogP contribution is -2.59. The highest BCUT2D eigenvalue weighted by Crippen LogP contribution is 2.23. The molecule has 0 radical (unpaired) electrons. The van der Waals surface area contributed by atoms with Crippen molar-refractivity contribution >= 4 is 5.97 Å². The van der Waals surface area contributed by atoms with Gasteiger partial charge in [-0.25, -0.2) is 0 Å². The van der Waals surface area contributed by atoms with Gasteiger partial charge in [0.05, 0.1) is 25.7 Å². The van der Waals surface area contributed by atoms with Crippen molar-refractivity contribution in [2.75, 3.05) is 13.2 Å². The SMILES string of the molecule is CCCCOC(=O)CC(C)O[C@@H]1OC(CO)[C@@H](O)C(O)C1O. The number of aliphatic hydroxyl groups is 4. The lowest BCUT2D eigenvalue weighted by Gasteiger charge is -2.40. The van der Waals surface area contributed by atoms with Crippen LogP contribution in [-0.4, -0.2) is 76.4 Å². The smallest absolute Gasteiger partial charge is 0.308 e. The molecule has 22 heavy (non-hydrogen) atoms. The van der Waals surface area contributed by atoms with E-state index in [0.29, 0.717) is 6.61 Å². The quantitative estimate of drug-likeness (QED) is 0.329. The Morgan fingerprint density at radius 3 is 2.50 bits per heavy atom. The minimum atomic E-state index is -1.50. The summed E-state index contributed by atoms with van der Waals surface area (Å²) in [6.45, 7) is 3.40. The summed E-state index contributed by atoms with van der Waals surface area (Å²) < 4.78 is 15.6. The zero-order valence-corrected chi connectivity index (χ0v) is 12.9. The number of aliphatic hydroxyl groups excluding tert-OH is 4. The molecule has 4 unspecified atom stereocenters. The van der Waals surface area contributed by atoms with Gasteiger partial charge in [-0.05, 0) is 13.3 Å². The molecule has 1 rings (SSSR count). The highest BCUT2D eigenvalue weighted by atomic mass is 16.7. The molecule has 0 aromatic carbocycles. The van der Waals surface area contributed by atoms with Gasteiger partial charge >= 0.3 is 5.97 Å². The van der Waals surface area contributed by atoms with Crippen LogP contribution in [0.25, 0.3) is 0 Å². The van der Waals surface area contributed by atoms with E-state index in [1.165, 1.54) is 0 Å². The first-order valence-electron chi connectivity index (χ1n) is 7.52. The third kappa shape index (κ3) is 5.45. The van der Waals surface area contributed by atoms with Crippen molar-refractivity contribution in [3.05, 3.63) is 0 Å². The van der Waals surface area contributed by atoms with Gasteiger partial charge < -0.3 is 34.6 Å². The Kier molecular flexibility index (Phi) is 8.23. The van der Waals surface area contributed by atoms with Gasteiger partial charge in [0, 0.05) is 0 Å². The second-order valence-corrected chi connectivity index (χ2v) is 5.42. The van der Waals surface area contributed by atoms with E-state index in [2.05, 4.69) is 0 Å². The lowest BCUT2D eigenvalue weighted by molar-refractivity contribution is -0.310.